The Morgan fingerprint density at radius 3 is 2.53 bits per heavy atom. The molecular formula is C25H22N2O6S. The predicted molar refractivity (Wildman–Crippen MR) is 127 cm³/mol. The largest absolute Gasteiger partial charge is 0.497 e. The first kappa shape index (κ1) is 22.0. The summed E-state index contributed by atoms with van der Waals surface area (Å²) in [7, 11) is -2.35. The van der Waals surface area contributed by atoms with Crippen LogP contribution in [0, 0.1) is 0 Å². The number of methoxy groups -OCH3 is 1. The van der Waals surface area contributed by atoms with E-state index in [0.29, 0.717) is 33.9 Å². The fourth-order valence-corrected chi connectivity index (χ4v) is 5.30. The molecule has 34 heavy (non-hydrogen) atoms. The Balaban J connectivity index is 1.55. The second-order valence-electron chi connectivity index (χ2n) is 7.85. The minimum Gasteiger partial charge on any atom is -0.497 e. The van der Waals surface area contributed by atoms with E-state index in [1.807, 2.05) is 0 Å². The molecule has 5 rings (SSSR count). The fraction of sp³-hybridized carbons (Fsp3) is 0.160. The molecule has 0 saturated carbocycles. The van der Waals surface area contributed by atoms with E-state index < -0.39 is 10.0 Å². The maximum atomic E-state index is 13.6. The smallest absolute Gasteiger partial charge is 0.252 e. The molecule has 1 aromatic heterocycles. The zero-order chi connectivity index (χ0) is 23.7. The number of benzene rings is 3. The second-order valence-corrected chi connectivity index (χ2v) is 9.79. The van der Waals surface area contributed by atoms with Crippen LogP contribution in [-0.4, -0.2) is 31.6 Å². The number of rotatable bonds is 7. The molecule has 0 atom stereocenters. The molecule has 9 heteroatoms. The maximum absolute atomic E-state index is 13.6. The molecule has 0 saturated heterocycles. The third kappa shape index (κ3) is 4.23. The van der Waals surface area contributed by atoms with E-state index in [1.54, 1.807) is 67.8 Å². The van der Waals surface area contributed by atoms with Crippen LogP contribution in [0.15, 0.2) is 82.5 Å². The van der Waals surface area contributed by atoms with Crippen LogP contribution in [0.5, 0.6) is 17.2 Å². The summed E-state index contributed by atoms with van der Waals surface area (Å²) in [5.74, 6) is 1.81. The van der Waals surface area contributed by atoms with E-state index >= 15 is 0 Å². The van der Waals surface area contributed by atoms with Gasteiger partial charge in [0, 0.05) is 29.6 Å². The van der Waals surface area contributed by atoms with Crippen molar-refractivity contribution >= 4 is 20.9 Å². The summed E-state index contributed by atoms with van der Waals surface area (Å²) in [6, 6.07) is 20.5. The molecule has 3 aromatic carbocycles. The number of aromatic amines is 1. The van der Waals surface area contributed by atoms with E-state index in [0.717, 1.165) is 5.39 Å². The molecule has 8 nitrogen and oxygen atoms in total. The summed E-state index contributed by atoms with van der Waals surface area (Å²) in [6.45, 7) is 0.0539. The van der Waals surface area contributed by atoms with Crippen molar-refractivity contribution in [1.82, 2.24) is 9.29 Å². The SMILES string of the molecule is COc1ccc2[nH]c(=O)c(CN(Cc3ccc4c(c3)OCO4)S(=O)(=O)c3ccccc3)cc2c1. The second kappa shape index (κ2) is 8.85. The molecule has 0 bridgehead atoms. The van der Waals surface area contributed by atoms with Gasteiger partial charge in [0.25, 0.3) is 5.56 Å². The van der Waals surface area contributed by atoms with Crippen molar-refractivity contribution in [2.45, 2.75) is 18.0 Å². The van der Waals surface area contributed by atoms with Crippen molar-refractivity contribution in [3.05, 3.63) is 94.3 Å². The zero-order valence-corrected chi connectivity index (χ0v) is 19.2. The first-order valence-electron chi connectivity index (χ1n) is 10.6. The van der Waals surface area contributed by atoms with E-state index in [-0.39, 0.29) is 30.3 Å². The highest BCUT2D eigenvalue weighted by atomic mass is 32.2. The van der Waals surface area contributed by atoms with Gasteiger partial charge in [-0.3, -0.25) is 4.79 Å². The van der Waals surface area contributed by atoms with Crippen molar-refractivity contribution in [1.29, 1.82) is 0 Å². The summed E-state index contributed by atoms with van der Waals surface area (Å²) >= 11 is 0. The third-order valence-corrected chi connectivity index (χ3v) is 7.46. The first-order valence-corrected chi connectivity index (χ1v) is 12.0. The molecule has 1 aliphatic rings. The number of pyridine rings is 1. The monoisotopic (exact) mass is 478 g/mol. The number of hydrogen-bond acceptors (Lipinski definition) is 6. The molecule has 0 unspecified atom stereocenters. The molecule has 0 amide bonds. The van der Waals surface area contributed by atoms with Crippen molar-refractivity contribution in [3.63, 3.8) is 0 Å². The summed E-state index contributed by atoms with van der Waals surface area (Å²) in [6.07, 6.45) is 0. The zero-order valence-electron chi connectivity index (χ0n) is 18.4. The first-order chi connectivity index (χ1) is 16.4. The lowest BCUT2D eigenvalue weighted by Crippen LogP contribution is -2.32. The topological polar surface area (TPSA) is 97.9 Å². The Kier molecular flexibility index (Phi) is 5.72. The fourth-order valence-electron chi connectivity index (χ4n) is 3.87. The Morgan fingerprint density at radius 2 is 1.74 bits per heavy atom. The molecule has 0 aliphatic carbocycles. The van der Waals surface area contributed by atoms with Crippen molar-refractivity contribution in [2.75, 3.05) is 13.9 Å². The number of aromatic nitrogens is 1. The van der Waals surface area contributed by atoms with E-state index in [4.69, 9.17) is 14.2 Å². The number of H-pyrrole nitrogens is 1. The van der Waals surface area contributed by atoms with Crippen LogP contribution in [0.25, 0.3) is 10.9 Å². The predicted octanol–water partition coefficient (Wildman–Crippen LogP) is 3.66. The lowest BCUT2D eigenvalue weighted by atomic mass is 10.1. The molecule has 2 heterocycles. The van der Waals surface area contributed by atoms with Gasteiger partial charge in [-0.05, 0) is 54.1 Å². The summed E-state index contributed by atoms with van der Waals surface area (Å²) in [4.78, 5) is 15.8. The highest BCUT2D eigenvalue weighted by molar-refractivity contribution is 7.89. The number of ether oxygens (including phenoxy) is 3. The maximum Gasteiger partial charge on any atom is 0.252 e. The van der Waals surface area contributed by atoms with Gasteiger partial charge in [0.15, 0.2) is 11.5 Å². The van der Waals surface area contributed by atoms with Gasteiger partial charge in [0.1, 0.15) is 5.75 Å². The molecule has 0 fully saturated rings. The standard InChI is InChI=1S/C25H22N2O6S/c1-31-20-8-9-22-18(13-20)12-19(25(28)26-22)15-27(34(29,30)21-5-3-2-4-6-21)14-17-7-10-23-24(11-17)33-16-32-23/h2-13H,14-16H2,1H3,(H,26,28). The molecule has 0 spiro atoms. The van der Waals surface area contributed by atoms with Crippen LogP contribution in [0.3, 0.4) is 0 Å². The lowest BCUT2D eigenvalue weighted by Gasteiger charge is -2.22. The number of nitrogens with zero attached hydrogens (tertiary/aromatic N) is 1. The highest BCUT2D eigenvalue weighted by Gasteiger charge is 2.26. The van der Waals surface area contributed by atoms with Crippen LogP contribution in [-0.2, 0) is 23.1 Å². The Labute approximate surface area is 196 Å². The Bertz CT molecular complexity index is 1520. The van der Waals surface area contributed by atoms with Gasteiger partial charge >= 0.3 is 0 Å². The van der Waals surface area contributed by atoms with E-state index in [2.05, 4.69) is 4.98 Å². The number of sulfonamides is 1. The van der Waals surface area contributed by atoms with Crippen LogP contribution in [0.4, 0.5) is 0 Å². The minimum absolute atomic E-state index is 0.0451. The van der Waals surface area contributed by atoms with Gasteiger partial charge in [0.2, 0.25) is 16.8 Å². The Hall–Kier alpha value is -3.82. The molecule has 0 radical (unpaired) electrons. The van der Waals surface area contributed by atoms with Crippen LogP contribution in [0.2, 0.25) is 0 Å². The summed E-state index contributed by atoms with van der Waals surface area (Å²) in [5, 5.41) is 0.745. The minimum atomic E-state index is -3.91. The number of fused-ring (bicyclic) bond motifs is 2. The normalized spacial score (nSPS) is 12.9. The summed E-state index contributed by atoms with van der Waals surface area (Å²) in [5.41, 5.74) is 1.32. The average molecular weight is 479 g/mol. The third-order valence-electron chi connectivity index (χ3n) is 5.65. The van der Waals surface area contributed by atoms with E-state index in [9.17, 15) is 13.2 Å². The van der Waals surface area contributed by atoms with Gasteiger partial charge in [-0.1, -0.05) is 24.3 Å². The quantitative estimate of drug-likeness (QED) is 0.435. The molecular weight excluding hydrogens is 456 g/mol. The van der Waals surface area contributed by atoms with Gasteiger partial charge in [-0.15, -0.1) is 0 Å². The molecule has 174 valence electrons. The van der Waals surface area contributed by atoms with Gasteiger partial charge < -0.3 is 19.2 Å². The molecule has 4 aromatic rings. The number of hydrogen-bond donors (Lipinski definition) is 1. The average Bonchev–Trinajstić information content (AvgIpc) is 3.32. The van der Waals surface area contributed by atoms with Crippen LogP contribution >= 0.6 is 0 Å². The van der Waals surface area contributed by atoms with Crippen LogP contribution in [0.1, 0.15) is 11.1 Å². The molecule has 1 aliphatic heterocycles. The Morgan fingerprint density at radius 1 is 0.941 bits per heavy atom. The summed E-state index contributed by atoms with van der Waals surface area (Å²) < 4.78 is 44.5. The molecule has 1 N–H and O–H groups in total. The van der Waals surface area contributed by atoms with Gasteiger partial charge in [0.05, 0.1) is 12.0 Å². The van der Waals surface area contributed by atoms with E-state index in [1.165, 1.54) is 16.4 Å². The lowest BCUT2D eigenvalue weighted by molar-refractivity contribution is 0.174. The number of nitrogens with one attached hydrogen (secondary N) is 1. The van der Waals surface area contributed by atoms with Crippen molar-refractivity contribution < 1.29 is 22.6 Å². The van der Waals surface area contributed by atoms with Crippen LogP contribution < -0.4 is 19.8 Å². The van der Waals surface area contributed by atoms with Gasteiger partial charge in [-0.25, -0.2) is 8.42 Å². The highest BCUT2D eigenvalue weighted by Crippen LogP contribution is 2.33. The van der Waals surface area contributed by atoms with Gasteiger partial charge in [-0.2, -0.15) is 4.31 Å². The van der Waals surface area contributed by atoms with Crippen molar-refractivity contribution in [2.24, 2.45) is 0 Å². The van der Waals surface area contributed by atoms with Crippen molar-refractivity contribution in [3.8, 4) is 17.2 Å².